The Labute approximate surface area is 108 Å². The van der Waals surface area contributed by atoms with Crippen molar-refractivity contribution in [1.82, 2.24) is 0 Å². The SMILES string of the molecule is O=C(O)CC=Cc1ccc(Cl)cc1OCC(=O)O. The highest BCUT2D eigenvalue weighted by molar-refractivity contribution is 6.30. The number of aliphatic carboxylic acids is 2. The summed E-state index contributed by atoms with van der Waals surface area (Å²) in [6, 6.07) is 4.71. The van der Waals surface area contributed by atoms with Crippen LogP contribution in [0, 0.1) is 0 Å². The molecule has 0 aromatic heterocycles. The third kappa shape index (κ3) is 4.88. The maximum Gasteiger partial charge on any atom is 0.341 e. The van der Waals surface area contributed by atoms with Crippen molar-refractivity contribution in [2.75, 3.05) is 6.61 Å². The van der Waals surface area contributed by atoms with E-state index in [9.17, 15) is 9.59 Å². The molecule has 0 atom stereocenters. The molecule has 0 aliphatic rings. The van der Waals surface area contributed by atoms with Gasteiger partial charge in [-0.2, -0.15) is 0 Å². The van der Waals surface area contributed by atoms with Gasteiger partial charge in [0, 0.05) is 10.6 Å². The Morgan fingerprint density at radius 2 is 2.00 bits per heavy atom. The second-order valence-corrected chi connectivity index (χ2v) is 3.80. The molecule has 0 bridgehead atoms. The van der Waals surface area contributed by atoms with Gasteiger partial charge in [0.25, 0.3) is 0 Å². The largest absolute Gasteiger partial charge is 0.481 e. The van der Waals surface area contributed by atoms with E-state index in [1.54, 1.807) is 18.2 Å². The molecule has 0 fully saturated rings. The van der Waals surface area contributed by atoms with E-state index in [-0.39, 0.29) is 6.42 Å². The van der Waals surface area contributed by atoms with Gasteiger partial charge in [0.1, 0.15) is 5.75 Å². The highest BCUT2D eigenvalue weighted by Gasteiger charge is 2.05. The molecule has 0 saturated carbocycles. The van der Waals surface area contributed by atoms with Crippen LogP contribution in [0.4, 0.5) is 0 Å². The molecule has 1 aromatic rings. The lowest BCUT2D eigenvalue weighted by molar-refractivity contribution is -0.139. The van der Waals surface area contributed by atoms with Crippen LogP contribution in [0.5, 0.6) is 5.75 Å². The smallest absolute Gasteiger partial charge is 0.341 e. The minimum absolute atomic E-state index is 0.124. The fourth-order valence-corrected chi connectivity index (χ4v) is 1.36. The van der Waals surface area contributed by atoms with Crippen LogP contribution >= 0.6 is 11.6 Å². The van der Waals surface area contributed by atoms with Crippen LogP contribution in [-0.4, -0.2) is 28.8 Å². The van der Waals surface area contributed by atoms with Crippen LogP contribution in [-0.2, 0) is 9.59 Å². The average molecular weight is 271 g/mol. The summed E-state index contributed by atoms with van der Waals surface area (Å²) in [7, 11) is 0. The second kappa shape index (κ2) is 6.66. The lowest BCUT2D eigenvalue weighted by Gasteiger charge is -2.07. The predicted molar refractivity (Wildman–Crippen MR) is 65.9 cm³/mol. The third-order valence-electron chi connectivity index (χ3n) is 1.92. The minimum atomic E-state index is -1.10. The molecular weight excluding hydrogens is 260 g/mol. The van der Waals surface area contributed by atoms with E-state index >= 15 is 0 Å². The van der Waals surface area contributed by atoms with E-state index in [0.717, 1.165) is 0 Å². The van der Waals surface area contributed by atoms with Crippen LogP contribution in [0.15, 0.2) is 24.3 Å². The molecule has 0 spiro atoms. The monoisotopic (exact) mass is 270 g/mol. The third-order valence-corrected chi connectivity index (χ3v) is 2.15. The second-order valence-electron chi connectivity index (χ2n) is 3.36. The van der Waals surface area contributed by atoms with Gasteiger partial charge in [-0.25, -0.2) is 4.79 Å². The molecule has 1 rings (SSSR count). The first kappa shape index (κ1) is 14.1. The number of carboxylic acid groups (broad SMARTS) is 2. The molecule has 0 radical (unpaired) electrons. The van der Waals surface area contributed by atoms with Gasteiger partial charge in [-0.1, -0.05) is 23.8 Å². The number of hydrogen-bond donors (Lipinski definition) is 2. The number of ether oxygens (including phenoxy) is 1. The molecule has 0 saturated heterocycles. The summed E-state index contributed by atoms with van der Waals surface area (Å²) in [5.41, 5.74) is 0.571. The van der Waals surface area contributed by atoms with E-state index in [1.165, 1.54) is 12.1 Å². The number of carbonyl (C=O) groups is 2. The quantitative estimate of drug-likeness (QED) is 0.828. The minimum Gasteiger partial charge on any atom is -0.481 e. The Bertz CT molecular complexity index is 481. The maximum atomic E-state index is 10.4. The Morgan fingerprint density at radius 3 is 2.61 bits per heavy atom. The normalized spacial score (nSPS) is 10.5. The van der Waals surface area contributed by atoms with Crippen LogP contribution in [0.1, 0.15) is 12.0 Å². The fourth-order valence-electron chi connectivity index (χ4n) is 1.20. The van der Waals surface area contributed by atoms with E-state index in [1.807, 2.05) is 0 Å². The summed E-state index contributed by atoms with van der Waals surface area (Å²) in [6.45, 7) is -0.486. The van der Waals surface area contributed by atoms with Gasteiger partial charge >= 0.3 is 11.9 Å². The van der Waals surface area contributed by atoms with Gasteiger partial charge in [-0.15, -0.1) is 0 Å². The zero-order chi connectivity index (χ0) is 13.5. The van der Waals surface area contributed by atoms with Crippen molar-refractivity contribution in [3.63, 3.8) is 0 Å². The van der Waals surface area contributed by atoms with Crippen molar-refractivity contribution in [3.05, 3.63) is 34.9 Å². The lowest BCUT2D eigenvalue weighted by atomic mass is 10.1. The molecule has 5 nitrogen and oxygen atoms in total. The summed E-state index contributed by atoms with van der Waals surface area (Å²) in [5, 5.41) is 17.4. The summed E-state index contributed by atoms with van der Waals surface area (Å²) >= 11 is 5.77. The van der Waals surface area contributed by atoms with Gasteiger partial charge in [0.15, 0.2) is 6.61 Å². The van der Waals surface area contributed by atoms with E-state index in [0.29, 0.717) is 16.3 Å². The molecule has 0 aliphatic carbocycles. The number of hydrogen-bond acceptors (Lipinski definition) is 3. The number of rotatable bonds is 6. The molecule has 0 heterocycles. The standard InChI is InChI=1S/C12H11ClO5/c13-9-5-4-8(2-1-3-11(14)15)10(6-9)18-7-12(16)17/h1-2,4-6H,3,7H2,(H,14,15)(H,16,17). The Balaban J connectivity index is 2.85. The van der Waals surface area contributed by atoms with Crippen molar-refractivity contribution < 1.29 is 24.5 Å². The van der Waals surface area contributed by atoms with Crippen molar-refractivity contribution in [1.29, 1.82) is 0 Å². The molecule has 1 aromatic carbocycles. The number of benzene rings is 1. The Morgan fingerprint density at radius 1 is 1.28 bits per heavy atom. The Kier molecular flexibility index (Phi) is 5.20. The van der Waals surface area contributed by atoms with Crippen LogP contribution < -0.4 is 4.74 Å². The summed E-state index contributed by atoms with van der Waals surface area (Å²) in [5.74, 6) is -1.75. The topological polar surface area (TPSA) is 83.8 Å². The van der Waals surface area contributed by atoms with Crippen LogP contribution in [0.3, 0.4) is 0 Å². The number of halogens is 1. The van der Waals surface area contributed by atoms with Crippen molar-refractivity contribution >= 4 is 29.6 Å². The number of carboxylic acids is 2. The van der Waals surface area contributed by atoms with Gasteiger partial charge in [-0.3, -0.25) is 4.79 Å². The first-order valence-electron chi connectivity index (χ1n) is 5.01. The average Bonchev–Trinajstić information content (AvgIpc) is 2.28. The van der Waals surface area contributed by atoms with Gasteiger partial charge < -0.3 is 14.9 Å². The molecule has 18 heavy (non-hydrogen) atoms. The highest BCUT2D eigenvalue weighted by atomic mass is 35.5. The van der Waals surface area contributed by atoms with Gasteiger partial charge in [0.05, 0.1) is 6.42 Å². The van der Waals surface area contributed by atoms with Crippen molar-refractivity contribution in [2.24, 2.45) is 0 Å². The van der Waals surface area contributed by atoms with Gasteiger partial charge in [0.2, 0.25) is 0 Å². The first-order valence-corrected chi connectivity index (χ1v) is 5.39. The van der Waals surface area contributed by atoms with Crippen LogP contribution in [0.25, 0.3) is 6.08 Å². The molecule has 96 valence electrons. The Hall–Kier alpha value is -2.01. The molecule has 2 N–H and O–H groups in total. The van der Waals surface area contributed by atoms with Crippen molar-refractivity contribution in [3.8, 4) is 5.75 Å². The van der Waals surface area contributed by atoms with Crippen molar-refractivity contribution in [2.45, 2.75) is 6.42 Å². The molecule has 6 heteroatoms. The fraction of sp³-hybridized carbons (Fsp3) is 0.167. The van der Waals surface area contributed by atoms with Crippen LogP contribution in [0.2, 0.25) is 5.02 Å². The molecule has 0 unspecified atom stereocenters. The summed E-state index contributed by atoms with van der Waals surface area (Å²) < 4.78 is 5.05. The zero-order valence-corrected chi connectivity index (χ0v) is 10.1. The lowest BCUT2D eigenvalue weighted by Crippen LogP contribution is -2.10. The first-order chi connectivity index (χ1) is 8.49. The zero-order valence-electron chi connectivity index (χ0n) is 9.30. The highest BCUT2D eigenvalue weighted by Crippen LogP contribution is 2.24. The maximum absolute atomic E-state index is 10.4. The molecular formula is C12H11ClO5. The van der Waals surface area contributed by atoms with Gasteiger partial charge in [-0.05, 0) is 18.2 Å². The summed E-state index contributed by atoms with van der Waals surface area (Å²) in [4.78, 5) is 20.8. The summed E-state index contributed by atoms with van der Waals surface area (Å²) in [6.07, 6.45) is 2.86. The van der Waals surface area contributed by atoms with E-state index in [4.69, 9.17) is 26.6 Å². The molecule has 0 amide bonds. The predicted octanol–water partition coefficient (Wildman–Crippen LogP) is 2.29. The van der Waals surface area contributed by atoms with E-state index in [2.05, 4.69) is 0 Å². The molecule has 0 aliphatic heterocycles. The van der Waals surface area contributed by atoms with E-state index < -0.39 is 18.5 Å².